The van der Waals surface area contributed by atoms with Crippen molar-refractivity contribution in [2.75, 3.05) is 18.4 Å². The number of H-pyrrole nitrogens is 1. The first-order valence-electron chi connectivity index (χ1n) is 9.04. The maximum absolute atomic E-state index is 12.9. The molecule has 1 amide bonds. The van der Waals surface area contributed by atoms with Gasteiger partial charge in [0.15, 0.2) is 0 Å². The number of carbonyl (C=O) groups excluding carboxylic acids is 1. The van der Waals surface area contributed by atoms with Crippen LogP contribution >= 0.6 is 0 Å². The maximum atomic E-state index is 12.9. The number of aryl methyl sites for hydroxylation is 2. The third-order valence-electron chi connectivity index (χ3n) is 5.15. The van der Waals surface area contributed by atoms with E-state index in [0.29, 0.717) is 12.1 Å². The van der Waals surface area contributed by atoms with Gasteiger partial charge in [0, 0.05) is 30.4 Å². The van der Waals surface area contributed by atoms with Crippen molar-refractivity contribution < 1.29 is 4.79 Å². The molecule has 3 aromatic rings. The minimum Gasteiger partial charge on any atom is -0.381 e. The second-order valence-electron chi connectivity index (χ2n) is 7.06. The molecular formula is C20H23N5O. The third-order valence-corrected chi connectivity index (χ3v) is 5.15. The Hall–Kier alpha value is -2.89. The summed E-state index contributed by atoms with van der Waals surface area (Å²) in [6.45, 7) is 5.74. The monoisotopic (exact) mass is 349 g/mol. The lowest BCUT2D eigenvalue weighted by Gasteiger charge is -2.34. The Morgan fingerprint density at radius 3 is 2.81 bits per heavy atom. The first-order valence-corrected chi connectivity index (χ1v) is 9.04. The summed E-state index contributed by atoms with van der Waals surface area (Å²) >= 11 is 0. The molecule has 134 valence electrons. The molecular weight excluding hydrogens is 326 g/mol. The lowest BCUT2D eigenvalue weighted by molar-refractivity contribution is 0.0715. The second-order valence-corrected chi connectivity index (χ2v) is 7.06. The number of benzene rings is 2. The van der Waals surface area contributed by atoms with Gasteiger partial charge in [0.2, 0.25) is 0 Å². The van der Waals surface area contributed by atoms with Crippen LogP contribution in [0.4, 0.5) is 5.69 Å². The average molecular weight is 349 g/mol. The van der Waals surface area contributed by atoms with Crippen LogP contribution in [0.25, 0.3) is 11.0 Å². The number of fused-ring (bicyclic) bond motifs is 1. The quantitative estimate of drug-likeness (QED) is 0.761. The summed E-state index contributed by atoms with van der Waals surface area (Å²) in [6.07, 6.45) is 2.07. The number of aromatic nitrogens is 3. The highest BCUT2D eigenvalue weighted by Gasteiger charge is 2.24. The SMILES string of the molecule is Cc1ccc(N[C@@H]2CCCN(C(=O)c3ccc4n[nH]nc4c3)C2)cc1C. The van der Waals surface area contributed by atoms with E-state index in [9.17, 15) is 4.79 Å². The van der Waals surface area contributed by atoms with Gasteiger partial charge in [0.1, 0.15) is 11.0 Å². The van der Waals surface area contributed by atoms with Crippen LogP contribution in [0.3, 0.4) is 0 Å². The summed E-state index contributed by atoms with van der Waals surface area (Å²) < 4.78 is 0. The van der Waals surface area contributed by atoms with Crippen molar-refractivity contribution in [1.82, 2.24) is 20.3 Å². The molecule has 1 saturated heterocycles. The van der Waals surface area contributed by atoms with Gasteiger partial charge in [0.05, 0.1) is 0 Å². The van der Waals surface area contributed by atoms with E-state index in [1.165, 1.54) is 11.1 Å². The first-order chi connectivity index (χ1) is 12.6. The van der Waals surface area contributed by atoms with Gasteiger partial charge in [-0.2, -0.15) is 15.4 Å². The molecule has 6 heteroatoms. The highest BCUT2D eigenvalue weighted by atomic mass is 16.2. The Balaban J connectivity index is 1.46. The molecule has 2 heterocycles. The molecule has 2 aromatic carbocycles. The van der Waals surface area contributed by atoms with Gasteiger partial charge >= 0.3 is 0 Å². The predicted molar refractivity (Wildman–Crippen MR) is 102 cm³/mol. The van der Waals surface area contributed by atoms with Crippen LogP contribution < -0.4 is 5.32 Å². The lowest BCUT2D eigenvalue weighted by atomic mass is 10.0. The number of carbonyl (C=O) groups is 1. The molecule has 1 fully saturated rings. The number of nitrogens with one attached hydrogen (secondary N) is 2. The Morgan fingerprint density at radius 1 is 1.12 bits per heavy atom. The van der Waals surface area contributed by atoms with Crippen LogP contribution in [0.2, 0.25) is 0 Å². The van der Waals surface area contributed by atoms with Crippen LogP contribution in [0.15, 0.2) is 36.4 Å². The Labute approximate surface area is 152 Å². The normalized spacial score (nSPS) is 17.5. The molecule has 2 N–H and O–H groups in total. The predicted octanol–water partition coefficient (Wildman–Crippen LogP) is 3.29. The standard InChI is InChI=1S/C20H23N5O/c1-13-5-7-16(10-14(13)2)21-17-4-3-9-25(12-17)20(26)15-6-8-18-19(11-15)23-24-22-18/h5-8,10-11,17,21H,3-4,9,12H2,1-2H3,(H,22,23,24)/t17-/m1/s1. The van der Waals surface area contributed by atoms with Gasteiger partial charge in [-0.3, -0.25) is 4.79 Å². The molecule has 1 aromatic heterocycles. The van der Waals surface area contributed by atoms with Crippen molar-refractivity contribution in [1.29, 1.82) is 0 Å². The van der Waals surface area contributed by atoms with Gasteiger partial charge in [0.25, 0.3) is 5.91 Å². The molecule has 4 rings (SSSR count). The minimum absolute atomic E-state index is 0.0569. The highest BCUT2D eigenvalue weighted by Crippen LogP contribution is 2.21. The Bertz CT molecular complexity index is 948. The molecule has 1 aliphatic heterocycles. The zero-order valence-electron chi connectivity index (χ0n) is 15.1. The number of likely N-dealkylation sites (tertiary alicyclic amines) is 1. The van der Waals surface area contributed by atoms with Crippen LogP contribution in [0, 0.1) is 13.8 Å². The van der Waals surface area contributed by atoms with Crippen molar-refractivity contribution in [2.45, 2.75) is 32.7 Å². The molecule has 1 atom stereocenters. The van der Waals surface area contributed by atoms with E-state index in [1.54, 1.807) is 0 Å². The number of anilines is 1. The van der Waals surface area contributed by atoms with Crippen molar-refractivity contribution in [3.05, 3.63) is 53.1 Å². The summed E-state index contributed by atoms with van der Waals surface area (Å²) in [5.41, 5.74) is 5.85. The summed E-state index contributed by atoms with van der Waals surface area (Å²) in [4.78, 5) is 14.8. The Kier molecular flexibility index (Phi) is 4.32. The number of nitrogens with zero attached hydrogens (tertiary/aromatic N) is 3. The lowest BCUT2D eigenvalue weighted by Crippen LogP contribution is -2.45. The number of rotatable bonds is 3. The van der Waals surface area contributed by atoms with E-state index >= 15 is 0 Å². The van der Waals surface area contributed by atoms with Gasteiger partial charge in [-0.15, -0.1) is 0 Å². The topological polar surface area (TPSA) is 73.9 Å². The number of amides is 1. The van der Waals surface area contributed by atoms with Gasteiger partial charge in [-0.05, 0) is 68.1 Å². The summed E-state index contributed by atoms with van der Waals surface area (Å²) in [5, 5.41) is 14.3. The smallest absolute Gasteiger partial charge is 0.254 e. The van der Waals surface area contributed by atoms with E-state index in [-0.39, 0.29) is 11.9 Å². The van der Waals surface area contributed by atoms with Crippen molar-refractivity contribution >= 4 is 22.6 Å². The molecule has 0 saturated carbocycles. The summed E-state index contributed by atoms with van der Waals surface area (Å²) in [6, 6.07) is 12.2. The van der Waals surface area contributed by atoms with Gasteiger partial charge < -0.3 is 10.2 Å². The molecule has 0 bridgehead atoms. The second kappa shape index (κ2) is 6.78. The van der Waals surface area contributed by atoms with Crippen LogP contribution in [-0.4, -0.2) is 45.3 Å². The average Bonchev–Trinajstić information content (AvgIpc) is 3.12. The van der Waals surface area contributed by atoms with Crippen molar-refractivity contribution in [3.8, 4) is 0 Å². The molecule has 0 spiro atoms. The zero-order valence-corrected chi connectivity index (χ0v) is 15.1. The highest BCUT2D eigenvalue weighted by molar-refractivity contribution is 5.97. The fourth-order valence-electron chi connectivity index (χ4n) is 3.50. The molecule has 1 aliphatic rings. The van der Waals surface area contributed by atoms with Crippen molar-refractivity contribution in [3.63, 3.8) is 0 Å². The van der Waals surface area contributed by atoms with E-state index in [0.717, 1.165) is 36.1 Å². The van der Waals surface area contributed by atoms with Crippen LogP contribution in [0.5, 0.6) is 0 Å². The molecule has 0 radical (unpaired) electrons. The number of hydrogen-bond donors (Lipinski definition) is 2. The van der Waals surface area contributed by atoms with E-state index in [4.69, 9.17) is 0 Å². The van der Waals surface area contributed by atoms with E-state index < -0.39 is 0 Å². The van der Waals surface area contributed by atoms with E-state index in [1.807, 2.05) is 23.1 Å². The zero-order chi connectivity index (χ0) is 18.1. The number of piperidine rings is 1. The first kappa shape index (κ1) is 16.6. The van der Waals surface area contributed by atoms with Crippen LogP contribution in [0.1, 0.15) is 34.3 Å². The molecule has 0 unspecified atom stereocenters. The van der Waals surface area contributed by atoms with Gasteiger partial charge in [-0.25, -0.2) is 0 Å². The number of aromatic amines is 1. The molecule has 26 heavy (non-hydrogen) atoms. The van der Waals surface area contributed by atoms with Crippen molar-refractivity contribution in [2.24, 2.45) is 0 Å². The van der Waals surface area contributed by atoms with E-state index in [2.05, 4.69) is 52.8 Å². The molecule has 0 aliphatic carbocycles. The van der Waals surface area contributed by atoms with Gasteiger partial charge in [-0.1, -0.05) is 6.07 Å². The largest absolute Gasteiger partial charge is 0.381 e. The fourth-order valence-corrected chi connectivity index (χ4v) is 3.50. The maximum Gasteiger partial charge on any atom is 0.254 e. The minimum atomic E-state index is 0.0569. The molecule has 6 nitrogen and oxygen atoms in total. The summed E-state index contributed by atoms with van der Waals surface area (Å²) in [5.74, 6) is 0.0569. The number of hydrogen-bond acceptors (Lipinski definition) is 4. The van der Waals surface area contributed by atoms with Crippen LogP contribution in [-0.2, 0) is 0 Å². The summed E-state index contributed by atoms with van der Waals surface area (Å²) in [7, 11) is 0. The Morgan fingerprint density at radius 2 is 1.96 bits per heavy atom. The third kappa shape index (κ3) is 3.27. The fraction of sp³-hybridized carbons (Fsp3) is 0.350.